The van der Waals surface area contributed by atoms with Crippen LogP contribution in [0.25, 0.3) is 0 Å². The van der Waals surface area contributed by atoms with E-state index >= 15 is 0 Å². The second-order valence-electron chi connectivity index (χ2n) is 6.67. The molecule has 1 aromatic rings. The lowest BCUT2D eigenvalue weighted by molar-refractivity contribution is -0.131. The Kier molecular flexibility index (Phi) is 7.00. The molecule has 142 valence electrons. The van der Waals surface area contributed by atoms with Gasteiger partial charge in [0.1, 0.15) is 18.7 Å². The number of hydrogen-bond donors (Lipinski definition) is 2. The minimum absolute atomic E-state index is 0.0728. The number of primary amides is 1. The summed E-state index contributed by atoms with van der Waals surface area (Å²) in [6.45, 7) is 4.39. The van der Waals surface area contributed by atoms with Crippen LogP contribution < -0.4 is 11.1 Å². The topological polar surface area (TPSA) is 102 Å². The summed E-state index contributed by atoms with van der Waals surface area (Å²) >= 11 is 0. The van der Waals surface area contributed by atoms with Crippen molar-refractivity contribution in [3.05, 3.63) is 35.9 Å². The van der Waals surface area contributed by atoms with Crippen LogP contribution in [0, 0.1) is 5.92 Å². The van der Waals surface area contributed by atoms with Crippen molar-refractivity contribution in [3.8, 4) is 0 Å². The first-order valence-electron chi connectivity index (χ1n) is 9.01. The minimum Gasteiger partial charge on any atom is -0.445 e. The molecule has 7 nitrogen and oxygen atoms in total. The number of carbonyl (C=O) groups excluding carboxylic acids is 3. The summed E-state index contributed by atoms with van der Waals surface area (Å²) in [7, 11) is 0. The summed E-state index contributed by atoms with van der Waals surface area (Å²) in [6.07, 6.45) is 1.44. The molecule has 3 atom stereocenters. The Morgan fingerprint density at radius 2 is 2.00 bits per heavy atom. The molecular weight excluding hydrogens is 334 g/mol. The van der Waals surface area contributed by atoms with Crippen LogP contribution in [-0.2, 0) is 20.9 Å². The van der Waals surface area contributed by atoms with E-state index in [1.807, 2.05) is 44.2 Å². The Morgan fingerprint density at radius 1 is 1.31 bits per heavy atom. The molecule has 1 aliphatic rings. The van der Waals surface area contributed by atoms with Gasteiger partial charge in [-0.3, -0.25) is 14.5 Å². The number of nitrogens with two attached hydrogens (primary N) is 1. The van der Waals surface area contributed by atoms with Crippen LogP contribution in [0.4, 0.5) is 4.79 Å². The molecule has 26 heavy (non-hydrogen) atoms. The zero-order chi connectivity index (χ0) is 19.1. The lowest BCUT2D eigenvalue weighted by Gasteiger charge is -2.27. The summed E-state index contributed by atoms with van der Waals surface area (Å²) in [4.78, 5) is 38.0. The smallest absolute Gasteiger partial charge is 0.410 e. The highest BCUT2D eigenvalue weighted by atomic mass is 16.6. The Balaban J connectivity index is 1.96. The molecule has 3 amide bonds. The van der Waals surface area contributed by atoms with Crippen LogP contribution in [0.1, 0.15) is 38.7 Å². The van der Waals surface area contributed by atoms with E-state index in [2.05, 4.69) is 5.32 Å². The molecule has 7 heteroatoms. The monoisotopic (exact) mass is 361 g/mol. The first kappa shape index (κ1) is 19.8. The number of ether oxygens (including phenoxy) is 1. The standard InChI is InChI=1S/C19H27N3O4/c1-3-13(2)16(17(20)23)21-18(24)15-10-7-11-22(15)19(25)26-12-14-8-5-4-6-9-14/h4-6,8-9,13,15-16H,3,7,10-12H2,1-2H3,(H2,20,23)(H,21,24)/t13-,15+,16-/m0/s1. The van der Waals surface area contributed by atoms with Crippen LogP contribution >= 0.6 is 0 Å². The second kappa shape index (κ2) is 9.22. The van der Waals surface area contributed by atoms with Crippen LogP contribution in [0.15, 0.2) is 30.3 Å². The molecule has 0 aromatic heterocycles. The summed E-state index contributed by atoms with van der Waals surface area (Å²) < 4.78 is 5.33. The normalized spacial score (nSPS) is 18.8. The molecule has 0 spiro atoms. The molecule has 0 radical (unpaired) electrons. The van der Waals surface area contributed by atoms with E-state index in [0.29, 0.717) is 25.8 Å². The van der Waals surface area contributed by atoms with E-state index in [1.165, 1.54) is 4.90 Å². The van der Waals surface area contributed by atoms with E-state index in [4.69, 9.17) is 10.5 Å². The van der Waals surface area contributed by atoms with Crippen LogP contribution in [-0.4, -0.2) is 41.4 Å². The number of carbonyl (C=O) groups is 3. The maximum absolute atomic E-state index is 12.6. The Bertz CT molecular complexity index is 635. The zero-order valence-corrected chi connectivity index (χ0v) is 15.3. The van der Waals surface area contributed by atoms with E-state index in [1.54, 1.807) is 0 Å². The van der Waals surface area contributed by atoms with E-state index in [-0.39, 0.29) is 18.4 Å². The van der Waals surface area contributed by atoms with Gasteiger partial charge >= 0.3 is 6.09 Å². The molecule has 1 aliphatic heterocycles. The fourth-order valence-electron chi connectivity index (χ4n) is 3.04. The van der Waals surface area contributed by atoms with E-state index in [9.17, 15) is 14.4 Å². The van der Waals surface area contributed by atoms with Gasteiger partial charge in [0.05, 0.1) is 0 Å². The molecule has 3 N–H and O–H groups in total. The average molecular weight is 361 g/mol. The van der Waals surface area contributed by atoms with Crippen molar-refractivity contribution in [2.24, 2.45) is 11.7 Å². The Morgan fingerprint density at radius 3 is 2.62 bits per heavy atom. The number of hydrogen-bond acceptors (Lipinski definition) is 4. The van der Waals surface area contributed by atoms with Gasteiger partial charge in [-0.1, -0.05) is 50.6 Å². The highest BCUT2D eigenvalue weighted by molar-refractivity contribution is 5.91. The van der Waals surface area contributed by atoms with Crippen molar-refractivity contribution < 1.29 is 19.1 Å². The molecule has 1 fully saturated rings. The largest absolute Gasteiger partial charge is 0.445 e. The SMILES string of the molecule is CC[C@H](C)[C@H](NC(=O)[C@H]1CCCN1C(=O)OCc1ccccc1)C(N)=O. The molecule has 1 saturated heterocycles. The number of likely N-dealkylation sites (tertiary alicyclic amines) is 1. The fraction of sp³-hybridized carbons (Fsp3) is 0.526. The number of amides is 3. The van der Waals surface area contributed by atoms with Gasteiger partial charge in [-0.25, -0.2) is 4.79 Å². The van der Waals surface area contributed by atoms with Crippen LogP contribution in [0.2, 0.25) is 0 Å². The fourth-order valence-corrected chi connectivity index (χ4v) is 3.04. The molecule has 0 unspecified atom stereocenters. The number of nitrogens with one attached hydrogen (secondary N) is 1. The predicted molar refractivity (Wildman–Crippen MR) is 96.9 cm³/mol. The van der Waals surface area contributed by atoms with Crippen molar-refractivity contribution in [1.82, 2.24) is 10.2 Å². The van der Waals surface area contributed by atoms with Crippen molar-refractivity contribution in [3.63, 3.8) is 0 Å². The maximum atomic E-state index is 12.6. The quantitative estimate of drug-likeness (QED) is 0.773. The van der Waals surface area contributed by atoms with E-state index in [0.717, 1.165) is 5.56 Å². The van der Waals surface area contributed by atoms with Crippen LogP contribution in [0.5, 0.6) is 0 Å². The van der Waals surface area contributed by atoms with Crippen LogP contribution in [0.3, 0.4) is 0 Å². The molecule has 0 bridgehead atoms. The summed E-state index contributed by atoms with van der Waals surface area (Å²) in [5, 5.41) is 2.70. The molecule has 2 rings (SSSR count). The molecule has 1 aromatic carbocycles. The van der Waals surface area contributed by atoms with Gasteiger partial charge in [-0.15, -0.1) is 0 Å². The third kappa shape index (κ3) is 4.97. The molecule has 0 aliphatic carbocycles. The van der Waals surface area contributed by atoms with Gasteiger partial charge < -0.3 is 15.8 Å². The van der Waals surface area contributed by atoms with Gasteiger partial charge in [-0.2, -0.15) is 0 Å². The summed E-state index contributed by atoms with van der Waals surface area (Å²) in [6, 6.07) is 7.98. The highest BCUT2D eigenvalue weighted by Crippen LogP contribution is 2.20. The minimum atomic E-state index is -0.740. The van der Waals surface area contributed by atoms with Gasteiger partial charge in [0.2, 0.25) is 11.8 Å². The molecular formula is C19H27N3O4. The van der Waals surface area contributed by atoms with Crippen molar-refractivity contribution >= 4 is 17.9 Å². The van der Waals surface area contributed by atoms with Gasteiger partial charge in [0.25, 0.3) is 0 Å². The molecule has 0 saturated carbocycles. The third-order valence-corrected chi connectivity index (χ3v) is 4.81. The Hall–Kier alpha value is -2.57. The first-order valence-corrected chi connectivity index (χ1v) is 9.01. The number of benzene rings is 1. The number of rotatable bonds is 7. The first-order chi connectivity index (χ1) is 12.4. The lowest BCUT2D eigenvalue weighted by Crippen LogP contribution is -2.54. The van der Waals surface area contributed by atoms with Gasteiger partial charge in [0.15, 0.2) is 0 Å². The average Bonchev–Trinajstić information content (AvgIpc) is 3.14. The third-order valence-electron chi connectivity index (χ3n) is 4.81. The lowest BCUT2D eigenvalue weighted by atomic mass is 9.98. The van der Waals surface area contributed by atoms with Gasteiger partial charge in [0, 0.05) is 6.54 Å². The van der Waals surface area contributed by atoms with Gasteiger partial charge in [-0.05, 0) is 24.3 Å². The highest BCUT2D eigenvalue weighted by Gasteiger charge is 2.37. The zero-order valence-electron chi connectivity index (χ0n) is 15.3. The van der Waals surface area contributed by atoms with Crippen molar-refractivity contribution in [2.75, 3.05) is 6.54 Å². The van der Waals surface area contributed by atoms with E-state index < -0.39 is 24.1 Å². The summed E-state index contributed by atoms with van der Waals surface area (Å²) in [5.41, 5.74) is 6.29. The van der Waals surface area contributed by atoms with Crippen molar-refractivity contribution in [2.45, 2.75) is 51.8 Å². The Labute approximate surface area is 153 Å². The second-order valence-corrected chi connectivity index (χ2v) is 6.67. The maximum Gasteiger partial charge on any atom is 0.410 e. The number of nitrogens with zero attached hydrogens (tertiary/aromatic N) is 1. The predicted octanol–water partition coefficient (Wildman–Crippen LogP) is 1.80. The summed E-state index contributed by atoms with van der Waals surface area (Å²) in [5.74, 6) is -0.997. The van der Waals surface area contributed by atoms with Crippen molar-refractivity contribution in [1.29, 1.82) is 0 Å². The molecule has 1 heterocycles.